The molecular weight excluding hydrogens is 120 g/mol. The molecule has 0 aromatic rings. The van der Waals surface area contributed by atoms with Crippen molar-refractivity contribution >= 4 is 17.8 Å². The monoisotopic (exact) mass is 132 g/mol. The summed E-state index contributed by atoms with van der Waals surface area (Å²) in [6, 6.07) is 0. The first-order chi connectivity index (χ1) is 3.89. The van der Waals surface area contributed by atoms with E-state index in [2.05, 4.69) is 9.12 Å². The molecular formula is C5H12N2S. The summed E-state index contributed by atoms with van der Waals surface area (Å²) in [6.45, 7) is 6.96. The second-order valence-corrected chi connectivity index (χ2v) is 1.89. The average Bonchev–Trinajstić information content (AvgIpc) is 2.24. The molecule has 0 bridgehead atoms. The topological polar surface area (TPSA) is 24.4 Å². The summed E-state index contributed by atoms with van der Waals surface area (Å²) in [5.74, 6) is 0. The van der Waals surface area contributed by atoms with Gasteiger partial charge in [-0.15, -0.1) is 0 Å². The van der Waals surface area contributed by atoms with Crippen LogP contribution < -0.4 is 4.72 Å². The van der Waals surface area contributed by atoms with Crippen molar-refractivity contribution in [2.45, 2.75) is 20.8 Å². The zero-order valence-corrected chi connectivity index (χ0v) is 6.38. The van der Waals surface area contributed by atoms with Crippen molar-refractivity contribution in [1.29, 1.82) is 0 Å². The van der Waals surface area contributed by atoms with Gasteiger partial charge in [0.05, 0.1) is 12.1 Å². The molecule has 0 unspecified atom stereocenters. The molecule has 0 aliphatic carbocycles. The molecule has 0 saturated heterocycles. The van der Waals surface area contributed by atoms with Gasteiger partial charge in [0.1, 0.15) is 0 Å². The molecule has 1 aliphatic rings. The Morgan fingerprint density at radius 1 is 1.62 bits per heavy atom. The van der Waals surface area contributed by atoms with Gasteiger partial charge in [-0.2, -0.15) is 0 Å². The van der Waals surface area contributed by atoms with Gasteiger partial charge in [-0.3, -0.25) is 0 Å². The number of nitrogens with zero attached hydrogens (tertiary/aromatic N) is 1. The fourth-order valence-corrected chi connectivity index (χ4v) is 0.838. The Kier molecular flexibility index (Phi) is 5.11. The van der Waals surface area contributed by atoms with Crippen LogP contribution in [0.2, 0.25) is 0 Å². The largest absolute Gasteiger partial charge is 0.239 e. The van der Waals surface area contributed by atoms with Crippen LogP contribution in [0.5, 0.6) is 0 Å². The molecule has 1 heterocycles. The highest BCUT2D eigenvalue weighted by atomic mass is 32.2. The minimum Gasteiger partial charge on any atom is -0.239 e. The summed E-state index contributed by atoms with van der Waals surface area (Å²) in [7, 11) is 0. The smallest absolute Gasteiger partial charge is 0.0589 e. The van der Waals surface area contributed by atoms with Crippen LogP contribution in [0.1, 0.15) is 20.8 Å². The predicted molar refractivity (Wildman–Crippen MR) is 40.1 cm³/mol. The molecule has 1 N–H and O–H groups in total. The zero-order chi connectivity index (χ0) is 6.41. The van der Waals surface area contributed by atoms with Crippen molar-refractivity contribution < 1.29 is 0 Å². The van der Waals surface area contributed by atoms with E-state index in [0.29, 0.717) is 0 Å². The van der Waals surface area contributed by atoms with Gasteiger partial charge in [0, 0.05) is 12.3 Å². The van der Waals surface area contributed by atoms with E-state index < -0.39 is 0 Å². The summed E-state index contributed by atoms with van der Waals surface area (Å²) in [5, 5.41) is 0. The summed E-state index contributed by atoms with van der Waals surface area (Å²) in [4.78, 5) is 0. The third kappa shape index (κ3) is 3.04. The van der Waals surface area contributed by atoms with E-state index in [1.807, 2.05) is 20.8 Å². The summed E-state index contributed by atoms with van der Waals surface area (Å²) >= 11 is 1.42. The molecule has 0 radical (unpaired) electrons. The minimum atomic E-state index is 0.949. The first kappa shape index (κ1) is 7.98. The van der Waals surface area contributed by atoms with Crippen LogP contribution in [-0.4, -0.2) is 12.3 Å². The highest BCUT2D eigenvalue weighted by Crippen LogP contribution is 2.01. The van der Waals surface area contributed by atoms with E-state index in [4.69, 9.17) is 0 Å². The third-order valence-corrected chi connectivity index (χ3v) is 1.27. The van der Waals surface area contributed by atoms with E-state index in [1.165, 1.54) is 17.8 Å². The zero-order valence-electron chi connectivity index (χ0n) is 5.56. The van der Waals surface area contributed by atoms with Gasteiger partial charge >= 0.3 is 0 Å². The Bertz CT molecular complexity index is 80.5. The highest BCUT2D eigenvalue weighted by Gasteiger charge is 1.96. The van der Waals surface area contributed by atoms with Crippen LogP contribution in [-0.2, 0) is 0 Å². The number of nitrogens with one attached hydrogen (secondary N) is 1. The number of rotatable bonds is 0. The third-order valence-electron chi connectivity index (χ3n) is 0.594. The Hall–Kier alpha value is -0.0200. The van der Waals surface area contributed by atoms with Gasteiger partial charge in [0.15, 0.2) is 0 Å². The fraction of sp³-hybridized carbons (Fsp3) is 0.800. The lowest BCUT2D eigenvalue weighted by Crippen LogP contribution is -2.04. The molecule has 0 atom stereocenters. The number of hydrogen-bond acceptors (Lipinski definition) is 3. The van der Waals surface area contributed by atoms with Crippen LogP contribution in [0, 0.1) is 0 Å². The maximum absolute atomic E-state index is 3.96. The molecule has 1 rings (SSSR count). The van der Waals surface area contributed by atoms with Gasteiger partial charge < -0.3 is 0 Å². The van der Waals surface area contributed by atoms with Gasteiger partial charge in [0.25, 0.3) is 0 Å². The van der Waals surface area contributed by atoms with Crippen LogP contribution in [0.15, 0.2) is 4.40 Å². The molecule has 48 valence electrons. The van der Waals surface area contributed by atoms with Crippen LogP contribution in [0.3, 0.4) is 0 Å². The van der Waals surface area contributed by atoms with Crippen molar-refractivity contribution in [1.82, 2.24) is 4.72 Å². The lowest BCUT2D eigenvalue weighted by molar-refractivity contribution is 1.20. The molecule has 2 nitrogen and oxygen atoms in total. The molecule has 0 fully saturated rings. The van der Waals surface area contributed by atoms with E-state index in [0.717, 1.165) is 6.54 Å². The van der Waals surface area contributed by atoms with E-state index in [9.17, 15) is 0 Å². The van der Waals surface area contributed by atoms with Gasteiger partial charge in [-0.05, 0) is 6.92 Å². The van der Waals surface area contributed by atoms with E-state index >= 15 is 0 Å². The maximum atomic E-state index is 3.96. The standard InChI is InChI=1S/C3H6N2S.C2H6/c1-3-2-4-6-5-3;1-2/h4H,2H2,1H3;1-2H3. The SMILES string of the molecule is CC.CC1=NSNC1. The fourth-order valence-electron chi connectivity index (χ4n) is 0.279. The molecule has 0 aromatic carbocycles. The molecule has 1 aliphatic heterocycles. The Balaban J connectivity index is 0.000000222. The normalized spacial score (nSPS) is 16.6. The predicted octanol–water partition coefficient (Wildman–Crippen LogP) is 1.64. The quantitative estimate of drug-likeness (QED) is 0.507. The second-order valence-electron chi connectivity index (χ2n) is 1.24. The van der Waals surface area contributed by atoms with Crippen molar-refractivity contribution in [3.63, 3.8) is 0 Å². The van der Waals surface area contributed by atoms with Crippen molar-refractivity contribution in [2.75, 3.05) is 6.54 Å². The van der Waals surface area contributed by atoms with Crippen LogP contribution in [0.25, 0.3) is 0 Å². The Labute approximate surface area is 55.0 Å². The molecule has 3 heteroatoms. The van der Waals surface area contributed by atoms with E-state index in [-0.39, 0.29) is 0 Å². The Morgan fingerprint density at radius 3 is 2.38 bits per heavy atom. The molecule has 0 amide bonds. The van der Waals surface area contributed by atoms with Crippen molar-refractivity contribution in [3.05, 3.63) is 0 Å². The highest BCUT2D eigenvalue weighted by molar-refractivity contribution is 7.96. The maximum Gasteiger partial charge on any atom is 0.0589 e. The Morgan fingerprint density at radius 2 is 2.25 bits per heavy atom. The summed E-state index contributed by atoms with van der Waals surface area (Å²) < 4.78 is 6.94. The van der Waals surface area contributed by atoms with Gasteiger partial charge in [0.2, 0.25) is 0 Å². The molecule has 8 heavy (non-hydrogen) atoms. The van der Waals surface area contributed by atoms with Crippen LogP contribution in [0.4, 0.5) is 0 Å². The number of hydrogen-bond donors (Lipinski definition) is 1. The first-order valence-electron chi connectivity index (χ1n) is 2.82. The summed E-state index contributed by atoms with van der Waals surface area (Å²) in [5.41, 5.74) is 1.18. The van der Waals surface area contributed by atoms with Crippen LogP contribution >= 0.6 is 12.1 Å². The summed E-state index contributed by atoms with van der Waals surface area (Å²) in [6.07, 6.45) is 0. The average molecular weight is 132 g/mol. The molecule has 0 spiro atoms. The van der Waals surface area contributed by atoms with Crippen molar-refractivity contribution in [2.24, 2.45) is 4.40 Å². The molecule has 0 saturated carbocycles. The first-order valence-corrected chi connectivity index (χ1v) is 3.59. The van der Waals surface area contributed by atoms with Gasteiger partial charge in [-0.1, -0.05) is 13.8 Å². The molecule has 0 aromatic heterocycles. The second kappa shape index (κ2) is 5.12. The lowest BCUT2D eigenvalue weighted by Gasteiger charge is -1.77. The van der Waals surface area contributed by atoms with Crippen molar-refractivity contribution in [3.8, 4) is 0 Å². The lowest BCUT2D eigenvalue weighted by atomic mass is 10.5. The minimum absolute atomic E-state index is 0.949. The van der Waals surface area contributed by atoms with Gasteiger partial charge in [-0.25, -0.2) is 9.12 Å². The van der Waals surface area contributed by atoms with E-state index in [1.54, 1.807) is 0 Å².